The normalized spacial score (nSPS) is 10.8. The van der Waals surface area contributed by atoms with Crippen molar-refractivity contribution in [2.45, 2.75) is 26.4 Å². The van der Waals surface area contributed by atoms with E-state index in [0.29, 0.717) is 0 Å². The summed E-state index contributed by atoms with van der Waals surface area (Å²) in [6.07, 6.45) is 4.14. The first-order chi connectivity index (χ1) is 7.72. The zero-order chi connectivity index (χ0) is 12.0. The average molecular weight is 260 g/mol. The molecule has 0 saturated heterocycles. The van der Waals surface area contributed by atoms with Crippen molar-refractivity contribution in [3.63, 3.8) is 0 Å². The van der Waals surface area contributed by atoms with Crippen molar-refractivity contribution in [1.82, 2.24) is 4.98 Å². The van der Waals surface area contributed by atoms with Gasteiger partial charge >= 0.3 is 0 Å². The number of thioether (sulfide) groups is 1. The number of aryl methyl sites for hydroxylation is 1. The molecular weight excluding hydrogens is 240 g/mol. The van der Waals surface area contributed by atoms with E-state index in [9.17, 15) is 5.11 Å². The molecule has 1 N–H and O–H groups in total. The van der Waals surface area contributed by atoms with Crippen LogP contribution in [0.3, 0.4) is 0 Å². The predicted octanol–water partition coefficient (Wildman–Crippen LogP) is 2.39. The minimum absolute atomic E-state index is 0.114. The smallest absolute Gasteiger partial charge is 0.185 e. The van der Waals surface area contributed by atoms with Gasteiger partial charge in [0.1, 0.15) is 0 Å². The Kier molecular flexibility index (Phi) is 6.16. The van der Waals surface area contributed by atoms with E-state index in [4.69, 9.17) is 0 Å². The predicted molar refractivity (Wildman–Crippen MR) is 73.7 cm³/mol. The second-order valence-electron chi connectivity index (χ2n) is 3.69. The number of aliphatic hydroxyl groups excluding tert-OH is 1. The van der Waals surface area contributed by atoms with Crippen LogP contribution < -0.4 is 4.90 Å². The van der Waals surface area contributed by atoms with Crippen molar-refractivity contribution < 1.29 is 5.11 Å². The first kappa shape index (κ1) is 13.8. The van der Waals surface area contributed by atoms with Gasteiger partial charge in [-0.05, 0) is 12.7 Å². The lowest BCUT2D eigenvalue weighted by atomic mass is 10.2. The highest BCUT2D eigenvalue weighted by Crippen LogP contribution is 2.26. The van der Waals surface area contributed by atoms with Gasteiger partial charge in [0.15, 0.2) is 5.13 Å². The van der Waals surface area contributed by atoms with Crippen molar-refractivity contribution in [2.24, 2.45) is 0 Å². The second-order valence-corrected chi connectivity index (χ2v) is 5.74. The van der Waals surface area contributed by atoms with Gasteiger partial charge in [-0.3, -0.25) is 0 Å². The Morgan fingerprint density at radius 3 is 2.81 bits per heavy atom. The molecule has 0 amide bonds. The van der Waals surface area contributed by atoms with E-state index in [1.165, 1.54) is 0 Å². The van der Waals surface area contributed by atoms with Crippen LogP contribution in [0.1, 0.15) is 23.9 Å². The molecule has 1 aromatic heterocycles. The standard InChI is InChI=1S/C11H20N2OS2/c1-4-5-9-10(8-14)16-11(12-9)13(2)6-7-15-3/h14H,4-8H2,1-3H3. The fourth-order valence-corrected chi connectivity index (χ4v) is 2.82. The number of rotatable bonds is 7. The molecule has 5 heteroatoms. The van der Waals surface area contributed by atoms with Gasteiger partial charge in [-0.1, -0.05) is 24.7 Å². The molecular formula is C11H20N2OS2. The molecule has 0 aliphatic heterocycles. The summed E-state index contributed by atoms with van der Waals surface area (Å²) in [6.45, 7) is 3.26. The molecule has 1 aromatic rings. The molecule has 0 radical (unpaired) electrons. The Bertz CT molecular complexity index is 315. The first-order valence-electron chi connectivity index (χ1n) is 5.52. The lowest BCUT2D eigenvalue weighted by Gasteiger charge is -2.14. The Labute approximate surface area is 106 Å². The fourth-order valence-electron chi connectivity index (χ4n) is 1.41. The van der Waals surface area contributed by atoms with Crippen LogP contribution in [-0.4, -0.2) is 35.7 Å². The molecule has 3 nitrogen and oxygen atoms in total. The van der Waals surface area contributed by atoms with Crippen LogP contribution in [0.2, 0.25) is 0 Å². The summed E-state index contributed by atoms with van der Waals surface area (Å²) in [5.41, 5.74) is 1.07. The molecule has 0 saturated carbocycles. The third-order valence-electron chi connectivity index (χ3n) is 2.35. The topological polar surface area (TPSA) is 36.4 Å². The number of nitrogens with zero attached hydrogens (tertiary/aromatic N) is 2. The third-order valence-corrected chi connectivity index (χ3v) is 4.14. The third kappa shape index (κ3) is 3.64. The lowest BCUT2D eigenvalue weighted by Crippen LogP contribution is -2.19. The van der Waals surface area contributed by atoms with Crippen LogP contribution in [0, 0.1) is 0 Å². The van der Waals surface area contributed by atoms with Crippen LogP contribution in [0.5, 0.6) is 0 Å². The maximum Gasteiger partial charge on any atom is 0.185 e. The van der Waals surface area contributed by atoms with E-state index in [0.717, 1.165) is 40.8 Å². The quantitative estimate of drug-likeness (QED) is 0.816. The summed E-state index contributed by atoms with van der Waals surface area (Å²) in [7, 11) is 2.06. The van der Waals surface area contributed by atoms with Crippen molar-refractivity contribution in [2.75, 3.05) is 30.5 Å². The van der Waals surface area contributed by atoms with Gasteiger partial charge in [0.05, 0.1) is 17.2 Å². The maximum absolute atomic E-state index is 9.26. The second kappa shape index (κ2) is 7.14. The van der Waals surface area contributed by atoms with Gasteiger partial charge in [0.25, 0.3) is 0 Å². The first-order valence-corrected chi connectivity index (χ1v) is 7.73. The van der Waals surface area contributed by atoms with Crippen molar-refractivity contribution in [3.8, 4) is 0 Å². The molecule has 0 spiro atoms. The van der Waals surface area contributed by atoms with Gasteiger partial charge in [0, 0.05) is 19.3 Å². The van der Waals surface area contributed by atoms with E-state index >= 15 is 0 Å². The van der Waals surface area contributed by atoms with E-state index in [1.54, 1.807) is 11.3 Å². The highest BCUT2D eigenvalue weighted by atomic mass is 32.2. The monoisotopic (exact) mass is 260 g/mol. The molecule has 0 aliphatic rings. The molecule has 0 unspecified atom stereocenters. The maximum atomic E-state index is 9.26. The van der Waals surface area contributed by atoms with Crippen LogP contribution in [0.15, 0.2) is 0 Å². The number of aliphatic hydroxyl groups is 1. The van der Waals surface area contributed by atoms with Gasteiger partial charge < -0.3 is 10.0 Å². The summed E-state index contributed by atoms with van der Waals surface area (Å²) in [6, 6.07) is 0. The molecule has 92 valence electrons. The van der Waals surface area contributed by atoms with Crippen molar-refractivity contribution in [3.05, 3.63) is 10.6 Å². The summed E-state index contributed by atoms with van der Waals surface area (Å²) < 4.78 is 0. The Morgan fingerprint density at radius 2 is 2.25 bits per heavy atom. The fraction of sp³-hybridized carbons (Fsp3) is 0.727. The molecule has 0 fully saturated rings. The molecule has 0 aromatic carbocycles. The molecule has 0 aliphatic carbocycles. The summed E-state index contributed by atoms with van der Waals surface area (Å²) in [5, 5.41) is 10.3. The average Bonchev–Trinajstić information content (AvgIpc) is 2.69. The molecule has 0 atom stereocenters. The van der Waals surface area contributed by atoms with Crippen LogP contribution in [-0.2, 0) is 13.0 Å². The van der Waals surface area contributed by atoms with Crippen LogP contribution in [0.25, 0.3) is 0 Å². The van der Waals surface area contributed by atoms with E-state index in [2.05, 4.69) is 30.1 Å². The molecule has 1 rings (SSSR count). The Balaban J connectivity index is 2.72. The number of anilines is 1. The summed E-state index contributed by atoms with van der Waals surface area (Å²) in [4.78, 5) is 7.79. The lowest BCUT2D eigenvalue weighted by molar-refractivity contribution is 0.284. The van der Waals surface area contributed by atoms with Gasteiger partial charge in [-0.2, -0.15) is 11.8 Å². The van der Waals surface area contributed by atoms with E-state index in [-0.39, 0.29) is 6.61 Å². The Morgan fingerprint density at radius 1 is 1.50 bits per heavy atom. The van der Waals surface area contributed by atoms with Crippen LogP contribution in [0.4, 0.5) is 5.13 Å². The molecule has 0 bridgehead atoms. The summed E-state index contributed by atoms with van der Waals surface area (Å²) >= 11 is 3.45. The summed E-state index contributed by atoms with van der Waals surface area (Å²) in [5.74, 6) is 1.10. The minimum atomic E-state index is 0.114. The van der Waals surface area contributed by atoms with Crippen LogP contribution >= 0.6 is 23.1 Å². The van der Waals surface area contributed by atoms with Crippen molar-refractivity contribution in [1.29, 1.82) is 0 Å². The van der Waals surface area contributed by atoms with Gasteiger partial charge in [-0.15, -0.1) is 0 Å². The van der Waals surface area contributed by atoms with E-state index in [1.807, 2.05) is 11.8 Å². The van der Waals surface area contributed by atoms with E-state index < -0.39 is 0 Å². The van der Waals surface area contributed by atoms with Gasteiger partial charge in [-0.25, -0.2) is 4.98 Å². The Hall–Kier alpha value is -0.260. The zero-order valence-electron chi connectivity index (χ0n) is 10.2. The highest BCUT2D eigenvalue weighted by Gasteiger charge is 2.12. The largest absolute Gasteiger partial charge is 0.391 e. The zero-order valence-corrected chi connectivity index (χ0v) is 11.8. The van der Waals surface area contributed by atoms with Gasteiger partial charge in [0.2, 0.25) is 0 Å². The number of hydrogen-bond acceptors (Lipinski definition) is 5. The molecule has 1 heterocycles. The number of aromatic nitrogens is 1. The minimum Gasteiger partial charge on any atom is -0.391 e. The van der Waals surface area contributed by atoms with Crippen molar-refractivity contribution >= 4 is 28.2 Å². The SMILES string of the molecule is CCCc1nc(N(C)CCSC)sc1CO. The number of thiazole rings is 1. The molecule has 16 heavy (non-hydrogen) atoms. The highest BCUT2D eigenvalue weighted by molar-refractivity contribution is 7.98. The number of hydrogen-bond donors (Lipinski definition) is 1.